The lowest BCUT2D eigenvalue weighted by Crippen LogP contribution is -2.31. The first-order valence-corrected chi connectivity index (χ1v) is 9.18. The van der Waals surface area contributed by atoms with Gasteiger partial charge < -0.3 is 10.0 Å². The Morgan fingerprint density at radius 3 is 1.89 bits per heavy atom. The highest BCUT2D eigenvalue weighted by atomic mass is 16.4. The Labute approximate surface area is 164 Å². The van der Waals surface area contributed by atoms with Gasteiger partial charge in [-0.05, 0) is 67.6 Å². The van der Waals surface area contributed by atoms with Crippen molar-refractivity contribution in [2.45, 2.75) is 6.92 Å². The van der Waals surface area contributed by atoms with Crippen LogP contribution in [-0.2, 0) is 0 Å². The first-order chi connectivity index (χ1) is 13.7. The Balaban J connectivity index is 2.21. The number of terminal acetylenes is 1. The van der Waals surface area contributed by atoms with Crippen LogP contribution in [0.3, 0.4) is 0 Å². The van der Waals surface area contributed by atoms with E-state index < -0.39 is 7.12 Å². The SMILES string of the molecule is C#CC=c1ccc(-c2c3ccccc3c(B(O)O)c3ccccc23)cc1=CC. The third-order valence-electron chi connectivity index (χ3n) is 5.16. The minimum Gasteiger partial charge on any atom is -0.423 e. The van der Waals surface area contributed by atoms with Crippen molar-refractivity contribution >= 4 is 46.3 Å². The van der Waals surface area contributed by atoms with E-state index in [1.54, 1.807) is 6.08 Å². The van der Waals surface area contributed by atoms with Crippen molar-refractivity contribution in [3.8, 4) is 23.5 Å². The Hall–Kier alpha value is -3.32. The molecule has 0 amide bonds. The molecule has 0 aliphatic carbocycles. The number of rotatable bonds is 2. The molecule has 0 atom stereocenters. The summed E-state index contributed by atoms with van der Waals surface area (Å²) in [6.45, 7) is 1.99. The molecule has 0 radical (unpaired) electrons. The van der Waals surface area contributed by atoms with Gasteiger partial charge in [0.2, 0.25) is 0 Å². The highest BCUT2D eigenvalue weighted by molar-refractivity contribution is 6.66. The summed E-state index contributed by atoms with van der Waals surface area (Å²) in [7, 11) is -1.55. The number of fused-ring (bicyclic) bond motifs is 2. The van der Waals surface area contributed by atoms with Crippen LogP contribution in [0.25, 0.3) is 44.8 Å². The summed E-state index contributed by atoms with van der Waals surface area (Å²) in [5, 5.41) is 25.9. The third-order valence-corrected chi connectivity index (χ3v) is 5.16. The molecule has 0 saturated heterocycles. The van der Waals surface area contributed by atoms with Crippen LogP contribution in [0.1, 0.15) is 6.92 Å². The lowest BCUT2D eigenvalue weighted by atomic mass is 9.72. The zero-order valence-corrected chi connectivity index (χ0v) is 15.6. The maximum Gasteiger partial charge on any atom is 0.489 e. The van der Waals surface area contributed by atoms with E-state index in [2.05, 4.69) is 18.1 Å². The third kappa shape index (κ3) is 2.90. The van der Waals surface area contributed by atoms with Crippen molar-refractivity contribution in [3.63, 3.8) is 0 Å². The van der Waals surface area contributed by atoms with Crippen LogP contribution in [0.15, 0.2) is 66.7 Å². The van der Waals surface area contributed by atoms with Crippen LogP contribution in [0, 0.1) is 12.3 Å². The summed E-state index contributed by atoms with van der Waals surface area (Å²) in [5.41, 5.74) is 2.68. The quantitative estimate of drug-likeness (QED) is 0.327. The molecule has 0 fully saturated rings. The van der Waals surface area contributed by atoms with Gasteiger partial charge in [-0.1, -0.05) is 72.7 Å². The average Bonchev–Trinajstić information content (AvgIpc) is 2.72. The topological polar surface area (TPSA) is 40.5 Å². The molecule has 28 heavy (non-hydrogen) atoms. The van der Waals surface area contributed by atoms with Gasteiger partial charge >= 0.3 is 7.12 Å². The first kappa shape index (κ1) is 18.1. The van der Waals surface area contributed by atoms with E-state index in [0.29, 0.717) is 5.46 Å². The lowest BCUT2D eigenvalue weighted by Gasteiger charge is -2.17. The minimum absolute atomic E-state index is 0.537. The van der Waals surface area contributed by atoms with Crippen molar-refractivity contribution in [1.82, 2.24) is 0 Å². The van der Waals surface area contributed by atoms with E-state index in [4.69, 9.17) is 6.42 Å². The number of hydrogen-bond acceptors (Lipinski definition) is 2. The molecule has 4 aromatic rings. The Morgan fingerprint density at radius 1 is 0.821 bits per heavy atom. The van der Waals surface area contributed by atoms with E-state index in [9.17, 15) is 10.0 Å². The molecule has 4 rings (SSSR count). The monoisotopic (exact) mass is 362 g/mol. The smallest absolute Gasteiger partial charge is 0.423 e. The van der Waals surface area contributed by atoms with E-state index >= 15 is 0 Å². The Morgan fingerprint density at radius 2 is 1.39 bits per heavy atom. The Kier molecular flexibility index (Phi) is 4.75. The van der Waals surface area contributed by atoms with Crippen LogP contribution in [0.5, 0.6) is 0 Å². The summed E-state index contributed by atoms with van der Waals surface area (Å²) in [5.74, 6) is 2.60. The second-order valence-electron chi connectivity index (χ2n) is 6.70. The van der Waals surface area contributed by atoms with Crippen molar-refractivity contribution in [3.05, 3.63) is 77.2 Å². The molecule has 0 aliphatic heterocycles. The van der Waals surface area contributed by atoms with Crippen LogP contribution < -0.4 is 15.9 Å². The Bertz CT molecular complexity index is 1300. The highest BCUT2D eigenvalue weighted by Gasteiger charge is 2.21. The van der Waals surface area contributed by atoms with Crippen molar-refractivity contribution in [2.24, 2.45) is 0 Å². The average molecular weight is 362 g/mol. The normalized spacial score (nSPS) is 12.5. The van der Waals surface area contributed by atoms with Gasteiger partial charge in [0.25, 0.3) is 0 Å². The molecule has 0 aliphatic rings. The van der Waals surface area contributed by atoms with Crippen LogP contribution in [0.2, 0.25) is 0 Å². The predicted molar refractivity (Wildman–Crippen MR) is 119 cm³/mol. The van der Waals surface area contributed by atoms with Gasteiger partial charge in [0, 0.05) is 0 Å². The molecule has 0 bridgehead atoms. The van der Waals surface area contributed by atoms with Crippen LogP contribution in [0.4, 0.5) is 0 Å². The van der Waals surface area contributed by atoms with Crippen LogP contribution in [-0.4, -0.2) is 17.2 Å². The molecule has 2 N–H and O–H groups in total. The van der Waals surface area contributed by atoms with E-state index in [0.717, 1.165) is 43.1 Å². The molecule has 4 aromatic carbocycles. The molecule has 0 unspecified atom stereocenters. The fourth-order valence-electron chi connectivity index (χ4n) is 3.95. The second kappa shape index (κ2) is 7.36. The zero-order chi connectivity index (χ0) is 19.7. The molecule has 3 heteroatoms. The van der Waals surface area contributed by atoms with Gasteiger partial charge in [-0.25, -0.2) is 0 Å². The van der Waals surface area contributed by atoms with Gasteiger partial charge in [0.1, 0.15) is 0 Å². The summed E-state index contributed by atoms with van der Waals surface area (Å²) in [4.78, 5) is 0. The van der Waals surface area contributed by atoms with Crippen LogP contribution >= 0.6 is 0 Å². The number of hydrogen-bond donors (Lipinski definition) is 2. The standard InChI is InChI=1S/C25H19BO2/c1-3-9-18-14-15-19(16-17(18)4-2)24-20-10-5-7-12-22(20)25(26(27)28)23-13-8-6-11-21(23)24/h1,4-16,27-28H,2H3. The molecule has 134 valence electrons. The molecule has 0 heterocycles. The van der Waals surface area contributed by atoms with Gasteiger partial charge in [-0.2, -0.15) is 0 Å². The highest BCUT2D eigenvalue weighted by Crippen LogP contribution is 2.34. The fraction of sp³-hybridized carbons (Fsp3) is 0.0400. The summed E-state index contributed by atoms with van der Waals surface area (Å²) in [6, 6.07) is 21.9. The molecular weight excluding hydrogens is 343 g/mol. The van der Waals surface area contributed by atoms with E-state index in [1.807, 2.05) is 67.6 Å². The van der Waals surface area contributed by atoms with Crippen molar-refractivity contribution in [2.75, 3.05) is 0 Å². The molecule has 2 nitrogen and oxygen atoms in total. The van der Waals surface area contributed by atoms with E-state index in [-0.39, 0.29) is 0 Å². The molecule has 0 spiro atoms. The predicted octanol–water partition coefficient (Wildman–Crippen LogP) is 2.55. The maximum atomic E-state index is 10.1. The summed E-state index contributed by atoms with van der Waals surface area (Å²) < 4.78 is 0. The fourth-order valence-corrected chi connectivity index (χ4v) is 3.95. The maximum absolute atomic E-state index is 10.1. The molecule has 0 saturated carbocycles. The molecular formula is C25H19BO2. The van der Waals surface area contributed by atoms with Gasteiger partial charge in [-0.3, -0.25) is 0 Å². The minimum atomic E-state index is -1.55. The van der Waals surface area contributed by atoms with Crippen molar-refractivity contribution in [1.29, 1.82) is 0 Å². The summed E-state index contributed by atoms with van der Waals surface area (Å²) in [6.07, 6.45) is 9.27. The van der Waals surface area contributed by atoms with Gasteiger partial charge in [0.05, 0.1) is 0 Å². The first-order valence-electron chi connectivity index (χ1n) is 9.18. The summed E-state index contributed by atoms with van der Waals surface area (Å²) >= 11 is 0. The lowest BCUT2D eigenvalue weighted by molar-refractivity contribution is 0.426. The van der Waals surface area contributed by atoms with Crippen molar-refractivity contribution < 1.29 is 10.0 Å². The van der Waals surface area contributed by atoms with Gasteiger partial charge in [-0.15, -0.1) is 6.42 Å². The second-order valence-corrected chi connectivity index (χ2v) is 6.70. The largest absolute Gasteiger partial charge is 0.489 e. The molecule has 0 aromatic heterocycles. The van der Waals surface area contributed by atoms with E-state index in [1.165, 1.54) is 0 Å². The number of benzene rings is 4. The van der Waals surface area contributed by atoms with Gasteiger partial charge in [0.15, 0.2) is 0 Å². The zero-order valence-electron chi connectivity index (χ0n) is 15.6.